The number of carbonyl (C=O) groups is 2. The van der Waals surface area contributed by atoms with E-state index in [2.05, 4.69) is 18.8 Å². The summed E-state index contributed by atoms with van der Waals surface area (Å²) in [7, 11) is 0. The molecule has 4 rings (SSSR count). The molecule has 2 aliphatic heterocycles. The van der Waals surface area contributed by atoms with Crippen molar-refractivity contribution in [2.24, 2.45) is 23.2 Å². The van der Waals surface area contributed by atoms with Gasteiger partial charge in [0, 0.05) is 31.7 Å². The predicted molar refractivity (Wildman–Crippen MR) is 101 cm³/mol. The van der Waals surface area contributed by atoms with Crippen LogP contribution in [0.25, 0.3) is 0 Å². The first-order valence-corrected chi connectivity index (χ1v) is 10.0. The van der Waals surface area contributed by atoms with Crippen LogP contribution in [0.2, 0.25) is 0 Å². The third-order valence-corrected chi connectivity index (χ3v) is 7.00. The number of anilines is 1. The summed E-state index contributed by atoms with van der Waals surface area (Å²) in [5.74, 6) is 1.58. The second-order valence-corrected chi connectivity index (χ2v) is 8.65. The van der Waals surface area contributed by atoms with Crippen LogP contribution in [-0.4, -0.2) is 41.3 Å². The van der Waals surface area contributed by atoms with E-state index in [1.54, 1.807) is 12.4 Å². The van der Waals surface area contributed by atoms with Crippen molar-refractivity contribution in [3.05, 3.63) is 24.5 Å². The molecule has 3 heterocycles. The van der Waals surface area contributed by atoms with E-state index in [0.717, 1.165) is 56.8 Å². The molecule has 5 nitrogen and oxygen atoms in total. The summed E-state index contributed by atoms with van der Waals surface area (Å²) in [6.45, 7) is 6.45. The maximum absolute atomic E-state index is 13.3. The Kier molecular flexibility index (Phi) is 4.49. The molecule has 2 amide bonds. The first-order chi connectivity index (χ1) is 12.5. The fourth-order valence-corrected chi connectivity index (χ4v) is 5.15. The van der Waals surface area contributed by atoms with Gasteiger partial charge in [-0.1, -0.05) is 13.8 Å². The van der Waals surface area contributed by atoms with Crippen LogP contribution in [0.15, 0.2) is 24.5 Å². The lowest BCUT2D eigenvalue weighted by molar-refractivity contribution is -0.136. The number of amides is 2. The van der Waals surface area contributed by atoms with Crippen LogP contribution < -0.4 is 4.90 Å². The molecule has 3 fully saturated rings. The molecule has 26 heavy (non-hydrogen) atoms. The standard InChI is InChI=1S/C21H29N3O2/c1-15-5-7-17(8-6-15)19(25)23-13-16(2)21(14-23)9-11-24(20(21)26)18-4-3-10-22-12-18/h3-4,10,12,15-17H,5-9,11,13-14H2,1-2H3/t15?,16-,17?,21-/m1/s1. The smallest absolute Gasteiger partial charge is 0.235 e. The molecule has 5 heteroatoms. The van der Waals surface area contributed by atoms with Gasteiger partial charge in [-0.15, -0.1) is 0 Å². The zero-order valence-electron chi connectivity index (χ0n) is 15.9. The summed E-state index contributed by atoms with van der Waals surface area (Å²) in [4.78, 5) is 34.3. The van der Waals surface area contributed by atoms with Crippen molar-refractivity contribution in [3.8, 4) is 0 Å². The molecule has 1 aromatic rings. The van der Waals surface area contributed by atoms with E-state index in [1.807, 2.05) is 21.9 Å². The largest absolute Gasteiger partial charge is 0.341 e. The Hall–Kier alpha value is -1.91. The lowest BCUT2D eigenvalue weighted by Gasteiger charge is -2.30. The van der Waals surface area contributed by atoms with Crippen LogP contribution in [0, 0.1) is 23.2 Å². The Bertz CT molecular complexity index is 684. The van der Waals surface area contributed by atoms with Gasteiger partial charge in [-0.2, -0.15) is 0 Å². The minimum absolute atomic E-state index is 0.166. The topological polar surface area (TPSA) is 53.5 Å². The van der Waals surface area contributed by atoms with E-state index in [4.69, 9.17) is 0 Å². The Morgan fingerprint density at radius 2 is 2.00 bits per heavy atom. The second kappa shape index (κ2) is 6.67. The molecule has 0 N–H and O–H groups in total. The Balaban J connectivity index is 1.48. The molecule has 140 valence electrons. The summed E-state index contributed by atoms with van der Waals surface area (Å²) in [6, 6.07) is 3.81. The minimum Gasteiger partial charge on any atom is -0.341 e. The molecule has 2 saturated heterocycles. The highest BCUT2D eigenvalue weighted by Crippen LogP contribution is 2.46. The van der Waals surface area contributed by atoms with Crippen molar-refractivity contribution >= 4 is 17.5 Å². The van der Waals surface area contributed by atoms with Gasteiger partial charge in [0.25, 0.3) is 0 Å². The minimum atomic E-state index is -0.409. The molecule has 1 aromatic heterocycles. The van der Waals surface area contributed by atoms with Crippen molar-refractivity contribution in [2.45, 2.75) is 46.0 Å². The van der Waals surface area contributed by atoms with Crippen LogP contribution in [0.4, 0.5) is 5.69 Å². The second-order valence-electron chi connectivity index (χ2n) is 8.65. The highest BCUT2D eigenvalue weighted by atomic mass is 16.2. The highest BCUT2D eigenvalue weighted by molar-refractivity contribution is 6.01. The summed E-state index contributed by atoms with van der Waals surface area (Å²) in [5.41, 5.74) is 0.459. The van der Waals surface area contributed by atoms with Gasteiger partial charge in [-0.3, -0.25) is 14.6 Å². The van der Waals surface area contributed by atoms with E-state index in [1.165, 1.54) is 0 Å². The highest BCUT2D eigenvalue weighted by Gasteiger charge is 2.56. The van der Waals surface area contributed by atoms with Gasteiger partial charge in [0.1, 0.15) is 0 Å². The first kappa shape index (κ1) is 17.5. The third-order valence-electron chi connectivity index (χ3n) is 7.00. The van der Waals surface area contributed by atoms with Crippen LogP contribution in [0.3, 0.4) is 0 Å². The molecule has 1 spiro atoms. The van der Waals surface area contributed by atoms with Gasteiger partial charge in [-0.05, 0) is 56.1 Å². The van der Waals surface area contributed by atoms with E-state index in [-0.39, 0.29) is 23.7 Å². The molecular weight excluding hydrogens is 326 g/mol. The fourth-order valence-electron chi connectivity index (χ4n) is 5.15. The van der Waals surface area contributed by atoms with Gasteiger partial charge in [0.2, 0.25) is 11.8 Å². The average Bonchev–Trinajstić information content (AvgIpc) is 3.17. The van der Waals surface area contributed by atoms with Gasteiger partial charge < -0.3 is 9.80 Å². The number of aromatic nitrogens is 1. The normalized spacial score (nSPS) is 34.7. The van der Waals surface area contributed by atoms with E-state index in [9.17, 15) is 9.59 Å². The Morgan fingerprint density at radius 3 is 2.69 bits per heavy atom. The van der Waals surface area contributed by atoms with Crippen molar-refractivity contribution in [1.29, 1.82) is 0 Å². The Labute approximate surface area is 155 Å². The van der Waals surface area contributed by atoms with Gasteiger partial charge >= 0.3 is 0 Å². The molecule has 2 atom stereocenters. The molecular formula is C21H29N3O2. The number of likely N-dealkylation sites (tertiary alicyclic amines) is 1. The summed E-state index contributed by atoms with van der Waals surface area (Å²) in [5, 5.41) is 0. The molecule has 0 unspecified atom stereocenters. The Morgan fingerprint density at radius 1 is 1.23 bits per heavy atom. The fraction of sp³-hybridized carbons (Fsp3) is 0.667. The SMILES string of the molecule is CC1CCC(C(=O)N2C[C@@H](C)[C@@]3(CCN(c4cccnc4)C3=O)C2)CC1. The van der Waals surface area contributed by atoms with Crippen LogP contribution >= 0.6 is 0 Å². The summed E-state index contributed by atoms with van der Waals surface area (Å²) in [6.07, 6.45) is 8.62. The molecule has 1 saturated carbocycles. The quantitative estimate of drug-likeness (QED) is 0.819. The van der Waals surface area contributed by atoms with E-state index in [0.29, 0.717) is 6.54 Å². The molecule has 1 aliphatic carbocycles. The first-order valence-electron chi connectivity index (χ1n) is 10.0. The summed E-state index contributed by atoms with van der Waals surface area (Å²) >= 11 is 0. The van der Waals surface area contributed by atoms with Crippen molar-refractivity contribution < 1.29 is 9.59 Å². The third kappa shape index (κ3) is 2.81. The van der Waals surface area contributed by atoms with Gasteiger partial charge in [0.15, 0.2) is 0 Å². The number of carbonyl (C=O) groups excluding carboxylic acids is 2. The lowest BCUT2D eigenvalue weighted by atomic mass is 9.77. The number of nitrogens with zero attached hydrogens (tertiary/aromatic N) is 3. The van der Waals surface area contributed by atoms with Crippen LogP contribution in [-0.2, 0) is 9.59 Å². The van der Waals surface area contributed by atoms with E-state index < -0.39 is 5.41 Å². The molecule has 3 aliphatic rings. The van der Waals surface area contributed by atoms with Gasteiger partial charge in [0.05, 0.1) is 17.3 Å². The molecule has 0 bridgehead atoms. The zero-order chi connectivity index (χ0) is 18.3. The van der Waals surface area contributed by atoms with Crippen LogP contribution in [0.5, 0.6) is 0 Å². The van der Waals surface area contributed by atoms with Crippen molar-refractivity contribution in [3.63, 3.8) is 0 Å². The number of hydrogen-bond acceptors (Lipinski definition) is 3. The van der Waals surface area contributed by atoms with Gasteiger partial charge in [-0.25, -0.2) is 0 Å². The van der Waals surface area contributed by atoms with Crippen molar-refractivity contribution in [2.75, 3.05) is 24.5 Å². The van der Waals surface area contributed by atoms with E-state index >= 15 is 0 Å². The number of rotatable bonds is 2. The summed E-state index contributed by atoms with van der Waals surface area (Å²) < 4.78 is 0. The number of hydrogen-bond donors (Lipinski definition) is 0. The zero-order valence-corrected chi connectivity index (χ0v) is 15.9. The molecule has 0 aromatic carbocycles. The van der Waals surface area contributed by atoms with Crippen LogP contribution in [0.1, 0.15) is 46.0 Å². The maximum Gasteiger partial charge on any atom is 0.235 e. The average molecular weight is 355 g/mol. The maximum atomic E-state index is 13.3. The molecule has 0 radical (unpaired) electrons. The number of pyridine rings is 1. The lowest BCUT2D eigenvalue weighted by Crippen LogP contribution is -2.41. The predicted octanol–water partition coefficient (Wildman–Crippen LogP) is 3.11. The van der Waals surface area contributed by atoms with Crippen molar-refractivity contribution in [1.82, 2.24) is 9.88 Å². The monoisotopic (exact) mass is 355 g/mol.